The largest absolute Gasteiger partial charge is 0.314 e. The monoisotopic (exact) mass is 357 g/mol. The van der Waals surface area contributed by atoms with Gasteiger partial charge in [-0.15, -0.1) is 0 Å². The highest BCUT2D eigenvalue weighted by molar-refractivity contribution is 6.10. The second-order valence-electron chi connectivity index (χ2n) is 6.81. The smallest absolute Gasteiger partial charge is 0.242 e. The van der Waals surface area contributed by atoms with E-state index in [0.29, 0.717) is 6.42 Å². The molecule has 0 fully saturated rings. The molecule has 0 aliphatic carbocycles. The number of fused-ring (bicyclic) bond motifs is 1. The van der Waals surface area contributed by atoms with E-state index < -0.39 is 5.41 Å². The van der Waals surface area contributed by atoms with Gasteiger partial charge >= 0.3 is 0 Å². The summed E-state index contributed by atoms with van der Waals surface area (Å²) in [5.41, 5.74) is 2.91. The minimum atomic E-state index is -0.843. The summed E-state index contributed by atoms with van der Waals surface area (Å²) in [6, 6.07) is 24.1. The summed E-state index contributed by atoms with van der Waals surface area (Å²) in [7, 11) is 1.80. The Hall–Kier alpha value is -3.20. The molecule has 134 valence electrons. The third-order valence-corrected chi connectivity index (χ3v) is 5.27. The number of para-hydroxylation sites is 1. The Morgan fingerprint density at radius 2 is 1.59 bits per heavy atom. The van der Waals surface area contributed by atoms with Gasteiger partial charge < -0.3 is 4.90 Å². The summed E-state index contributed by atoms with van der Waals surface area (Å²) in [6.45, 7) is 0. The number of nitrogens with zero attached hydrogens (tertiary/aromatic N) is 1. The number of hydrogen-bond acceptors (Lipinski definition) is 1. The first-order valence-corrected chi connectivity index (χ1v) is 8.98. The lowest BCUT2D eigenvalue weighted by molar-refractivity contribution is -0.121. The molecule has 0 saturated carbocycles. The molecule has 0 bridgehead atoms. The molecule has 27 heavy (non-hydrogen) atoms. The lowest BCUT2D eigenvalue weighted by atomic mass is 9.72. The van der Waals surface area contributed by atoms with Gasteiger partial charge in [-0.05, 0) is 41.3 Å². The highest BCUT2D eigenvalue weighted by atomic mass is 19.1. The van der Waals surface area contributed by atoms with E-state index in [1.54, 1.807) is 24.1 Å². The molecule has 1 amide bonds. The van der Waals surface area contributed by atoms with Gasteiger partial charge in [-0.1, -0.05) is 72.8 Å². The summed E-state index contributed by atoms with van der Waals surface area (Å²) in [6.07, 6.45) is 4.57. The highest BCUT2D eigenvalue weighted by Gasteiger charge is 2.49. The summed E-state index contributed by atoms with van der Waals surface area (Å²) in [5.74, 6) is -0.297. The quantitative estimate of drug-likeness (QED) is 0.629. The van der Waals surface area contributed by atoms with Gasteiger partial charge in [0.05, 0.1) is 0 Å². The van der Waals surface area contributed by atoms with Crippen molar-refractivity contribution >= 4 is 17.7 Å². The maximum atomic E-state index is 13.5. The van der Waals surface area contributed by atoms with Crippen molar-refractivity contribution in [2.24, 2.45) is 0 Å². The van der Waals surface area contributed by atoms with Gasteiger partial charge in [0.25, 0.3) is 0 Å². The molecule has 1 atom stereocenters. The van der Waals surface area contributed by atoms with Gasteiger partial charge in [0.15, 0.2) is 0 Å². The zero-order chi connectivity index (χ0) is 18.9. The van der Waals surface area contributed by atoms with Crippen molar-refractivity contribution in [2.45, 2.75) is 11.8 Å². The molecule has 0 N–H and O–H groups in total. The van der Waals surface area contributed by atoms with E-state index in [1.165, 1.54) is 12.1 Å². The van der Waals surface area contributed by atoms with Crippen LogP contribution >= 0.6 is 0 Å². The van der Waals surface area contributed by atoms with Gasteiger partial charge in [-0.3, -0.25) is 4.79 Å². The zero-order valence-electron chi connectivity index (χ0n) is 15.1. The summed E-state index contributed by atoms with van der Waals surface area (Å²) in [5, 5.41) is 0. The molecule has 0 spiro atoms. The number of allylic oxidation sites excluding steroid dienone is 1. The average Bonchev–Trinajstić information content (AvgIpc) is 2.92. The topological polar surface area (TPSA) is 20.3 Å². The third-order valence-electron chi connectivity index (χ3n) is 5.27. The van der Waals surface area contributed by atoms with Crippen molar-refractivity contribution < 1.29 is 9.18 Å². The molecule has 0 saturated heterocycles. The lowest BCUT2D eigenvalue weighted by Crippen LogP contribution is -2.39. The number of halogens is 1. The van der Waals surface area contributed by atoms with Crippen LogP contribution in [0.2, 0.25) is 0 Å². The normalized spacial score (nSPS) is 18.9. The molecule has 0 radical (unpaired) electrons. The van der Waals surface area contributed by atoms with Gasteiger partial charge in [0, 0.05) is 12.7 Å². The predicted octanol–water partition coefficient (Wildman–Crippen LogP) is 5.19. The number of anilines is 1. The number of amides is 1. The minimum Gasteiger partial charge on any atom is -0.314 e. The van der Waals surface area contributed by atoms with Gasteiger partial charge in [0.1, 0.15) is 11.2 Å². The van der Waals surface area contributed by atoms with E-state index in [1.807, 2.05) is 66.7 Å². The minimum absolute atomic E-state index is 0.00743. The molecule has 3 aromatic carbocycles. The predicted molar refractivity (Wildman–Crippen MR) is 107 cm³/mol. The number of likely N-dealkylation sites (N-methyl/N-ethyl adjacent to an activating group) is 1. The molecular weight excluding hydrogens is 337 g/mol. The van der Waals surface area contributed by atoms with E-state index in [9.17, 15) is 9.18 Å². The van der Waals surface area contributed by atoms with Crippen molar-refractivity contribution in [3.63, 3.8) is 0 Å². The van der Waals surface area contributed by atoms with Crippen LogP contribution in [0.4, 0.5) is 10.1 Å². The summed E-state index contributed by atoms with van der Waals surface area (Å²) >= 11 is 0. The molecule has 4 rings (SSSR count). The van der Waals surface area contributed by atoms with E-state index in [0.717, 1.165) is 22.4 Å². The van der Waals surface area contributed by atoms with E-state index in [2.05, 4.69) is 0 Å². The Kier molecular flexibility index (Phi) is 4.36. The van der Waals surface area contributed by atoms with E-state index >= 15 is 0 Å². The van der Waals surface area contributed by atoms with Gasteiger partial charge in [-0.25, -0.2) is 4.39 Å². The van der Waals surface area contributed by atoms with Crippen LogP contribution in [0.25, 0.3) is 6.08 Å². The van der Waals surface area contributed by atoms with Crippen LogP contribution in [-0.4, -0.2) is 13.0 Å². The highest BCUT2D eigenvalue weighted by Crippen LogP contribution is 2.48. The fraction of sp³-hybridized carbons (Fsp3) is 0.125. The Labute approximate surface area is 158 Å². The van der Waals surface area contributed by atoms with Crippen LogP contribution < -0.4 is 4.90 Å². The van der Waals surface area contributed by atoms with Crippen LogP contribution in [0.5, 0.6) is 0 Å². The average molecular weight is 357 g/mol. The van der Waals surface area contributed by atoms with Crippen LogP contribution in [0, 0.1) is 5.82 Å². The first-order valence-electron chi connectivity index (χ1n) is 8.98. The number of carbonyl (C=O) groups excluding carboxylic acids is 1. The molecule has 1 aliphatic heterocycles. The lowest BCUT2D eigenvalue weighted by Gasteiger charge is -2.28. The molecule has 0 unspecified atom stereocenters. The summed E-state index contributed by atoms with van der Waals surface area (Å²) < 4.78 is 13.5. The number of hydrogen-bond donors (Lipinski definition) is 0. The second-order valence-corrected chi connectivity index (χ2v) is 6.81. The molecular formula is C24H20FNO. The second kappa shape index (κ2) is 6.84. The molecule has 0 aromatic heterocycles. The fourth-order valence-corrected chi connectivity index (χ4v) is 3.90. The van der Waals surface area contributed by atoms with Crippen LogP contribution in [0.15, 0.2) is 84.9 Å². The Bertz CT molecular complexity index is 994. The van der Waals surface area contributed by atoms with Crippen LogP contribution in [0.3, 0.4) is 0 Å². The first kappa shape index (κ1) is 17.2. The van der Waals surface area contributed by atoms with Crippen molar-refractivity contribution in [3.05, 3.63) is 107 Å². The number of rotatable bonds is 4. The van der Waals surface area contributed by atoms with E-state index in [-0.39, 0.29) is 11.7 Å². The van der Waals surface area contributed by atoms with Gasteiger partial charge in [-0.2, -0.15) is 0 Å². The van der Waals surface area contributed by atoms with Crippen LogP contribution in [0.1, 0.15) is 23.1 Å². The first-order chi connectivity index (χ1) is 13.1. The summed E-state index contributed by atoms with van der Waals surface area (Å²) in [4.78, 5) is 15.1. The SMILES string of the molecule is CN1C(=O)[C@](C/C=C/c2ccccc2)(c2ccc(F)cc2)c2ccccc21. The molecule has 3 aromatic rings. The molecule has 1 heterocycles. The van der Waals surface area contributed by atoms with Crippen LogP contribution in [-0.2, 0) is 10.2 Å². The Morgan fingerprint density at radius 1 is 0.926 bits per heavy atom. The van der Waals surface area contributed by atoms with Gasteiger partial charge in [0.2, 0.25) is 5.91 Å². The van der Waals surface area contributed by atoms with Crippen molar-refractivity contribution in [1.29, 1.82) is 0 Å². The van der Waals surface area contributed by atoms with Crippen molar-refractivity contribution in [1.82, 2.24) is 0 Å². The zero-order valence-corrected chi connectivity index (χ0v) is 15.1. The van der Waals surface area contributed by atoms with E-state index in [4.69, 9.17) is 0 Å². The fourth-order valence-electron chi connectivity index (χ4n) is 3.90. The third kappa shape index (κ3) is 2.85. The number of benzene rings is 3. The molecule has 3 heteroatoms. The maximum Gasteiger partial charge on any atom is 0.242 e. The molecule has 1 aliphatic rings. The standard InChI is InChI=1S/C24H20FNO/c1-26-22-12-6-5-11-21(22)24(23(26)27,19-13-15-20(25)16-14-19)17-7-10-18-8-3-2-4-9-18/h2-16H,17H2,1H3/b10-7+/t24-/m1/s1. The molecule has 2 nitrogen and oxygen atoms in total. The number of carbonyl (C=O) groups is 1. The van der Waals surface area contributed by atoms with Crippen molar-refractivity contribution in [2.75, 3.05) is 11.9 Å². The Balaban J connectivity index is 1.83. The Morgan fingerprint density at radius 3 is 2.33 bits per heavy atom. The maximum absolute atomic E-state index is 13.5. The van der Waals surface area contributed by atoms with Crippen molar-refractivity contribution in [3.8, 4) is 0 Å².